The topological polar surface area (TPSA) is 364 Å². The molecule has 18 rings (SSSR count). The summed E-state index contributed by atoms with van der Waals surface area (Å²) < 4.78 is 0. The molecule has 0 atom stereocenters. The van der Waals surface area contributed by atoms with Crippen molar-refractivity contribution in [2.45, 2.75) is 64.2 Å². The average molecular weight is 1700 g/mol. The van der Waals surface area contributed by atoms with Crippen LogP contribution < -0.4 is 0 Å². The summed E-state index contributed by atoms with van der Waals surface area (Å²) in [4.78, 5) is 0. The highest BCUT2D eigenvalue weighted by Crippen LogP contribution is 2.45. The first kappa shape index (κ1) is 86.3. The maximum absolute atomic E-state index is 11.3. The number of phenolic OH excluding ortho intramolecular Hbond substituents is 18. The lowest BCUT2D eigenvalue weighted by Gasteiger charge is -2.17. The van der Waals surface area contributed by atoms with Crippen LogP contribution in [-0.2, 0) is 64.2 Å². The molecule has 0 bridgehead atoms. The first-order chi connectivity index (χ1) is 61.7. The van der Waals surface area contributed by atoms with E-state index in [0.29, 0.717) is 108 Å². The third-order valence-electron chi connectivity index (χ3n) is 22.9. The van der Waals surface area contributed by atoms with Gasteiger partial charge in [0.05, 0.1) is 0 Å². The van der Waals surface area contributed by atoms with Crippen LogP contribution in [-0.4, -0.2) is 91.9 Å². The Morgan fingerprint density at radius 2 is 0.391 bits per heavy atom. The highest BCUT2D eigenvalue weighted by Gasteiger charge is 2.23. The Morgan fingerprint density at radius 3 is 0.773 bits per heavy atom. The Bertz CT molecular complexity index is 6920. The summed E-state index contributed by atoms with van der Waals surface area (Å²) in [6.45, 7) is 0. The predicted molar refractivity (Wildman–Crippen MR) is 498 cm³/mol. The highest BCUT2D eigenvalue weighted by molar-refractivity contribution is 5.98. The van der Waals surface area contributed by atoms with Gasteiger partial charge in [0.2, 0.25) is 0 Å². The molecule has 0 radical (unpaired) electrons. The summed E-state index contributed by atoms with van der Waals surface area (Å²) in [6.07, 6.45) is 4.80. The predicted octanol–water partition coefficient (Wildman–Crippen LogP) is 22.0. The van der Waals surface area contributed by atoms with E-state index in [1.165, 1.54) is 0 Å². The van der Waals surface area contributed by atoms with Gasteiger partial charge in [-0.05, 0) is 299 Å². The summed E-state index contributed by atoms with van der Waals surface area (Å²) >= 11 is 0. The second-order valence-electron chi connectivity index (χ2n) is 32.0. The number of fused-ring (bicyclic) bond motifs is 4. The molecule has 0 aliphatic carbocycles. The molecular weight excluding hydrogens is 1610 g/mol. The van der Waals surface area contributed by atoms with Crippen LogP contribution in [0.1, 0.15) is 111 Å². The maximum atomic E-state index is 11.3. The smallest absolute Gasteiger partial charge is 0.126 e. The Morgan fingerprint density at radius 1 is 0.133 bits per heavy atom. The molecule has 0 heterocycles. The lowest BCUT2D eigenvalue weighted by molar-refractivity contribution is 0.463. The zero-order valence-corrected chi connectivity index (χ0v) is 69.3. The molecule has 0 amide bonds. The van der Waals surface area contributed by atoms with Crippen LogP contribution in [0.15, 0.2) is 328 Å². The molecule has 18 heteroatoms. The van der Waals surface area contributed by atoms with Crippen molar-refractivity contribution in [3.8, 4) is 103 Å². The van der Waals surface area contributed by atoms with Gasteiger partial charge in [-0.25, -0.2) is 0 Å². The number of aromatic hydroxyl groups is 18. The van der Waals surface area contributed by atoms with E-state index in [9.17, 15) is 91.9 Å². The average Bonchev–Trinajstić information content (AvgIpc) is 0.768. The van der Waals surface area contributed by atoms with Crippen molar-refractivity contribution in [3.05, 3.63) is 439 Å². The van der Waals surface area contributed by atoms with E-state index < -0.39 is 0 Å². The molecule has 18 aromatic rings. The van der Waals surface area contributed by atoms with Crippen molar-refractivity contribution >= 4 is 43.1 Å². The molecule has 0 saturated carbocycles. The van der Waals surface area contributed by atoms with E-state index in [2.05, 4.69) is 0 Å². The van der Waals surface area contributed by atoms with Gasteiger partial charge in [-0.2, -0.15) is 0 Å². The van der Waals surface area contributed by atoms with E-state index in [4.69, 9.17) is 0 Å². The van der Waals surface area contributed by atoms with Crippen LogP contribution in [0.3, 0.4) is 0 Å². The third-order valence-corrected chi connectivity index (χ3v) is 22.9. The van der Waals surface area contributed by atoms with Crippen molar-refractivity contribution in [2.24, 2.45) is 0 Å². The molecule has 18 nitrogen and oxygen atoms in total. The van der Waals surface area contributed by atoms with E-state index >= 15 is 0 Å². The fraction of sp³-hybridized carbons (Fsp3) is 0.0909. The molecule has 18 N–H and O–H groups in total. The normalized spacial score (nSPS) is 11.1. The second kappa shape index (κ2) is 38.4. The molecule has 18 aromatic carbocycles. The minimum absolute atomic E-state index is 0.133. The highest BCUT2D eigenvalue weighted by atomic mass is 16.3. The van der Waals surface area contributed by atoms with Gasteiger partial charge in [-0.3, -0.25) is 0 Å². The summed E-state index contributed by atoms with van der Waals surface area (Å²) in [5.74, 6) is 3.16. The molecule has 0 saturated heterocycles. The third kappa shape index (κ3) is 20.8. The van der Waals surface area contributed by atoms with Crippen molar-refractivity contribution in [3.63, 3.8) is 0 Å². The van der Waals surface area contributed by atoms with Crippen molar-refractivity contribution in [2.75, 3.05) is 0 Å². The quantitative estimate of drug-likeness (QED) is 0.0337. The van der Waals surface area contributed by atoms with Gasteiger partial charge in [0.15, 0.2) is 0 Å². The van der Waals surface area contributed by atoms with Gasteiger partial charge in [0.25, 0.3) is 0 Å². The van der Waals surface area contributed by atoms with Crippen LogP contribution >= 0.6 is 0 Å². The SMILES string of the molecule is Oc1ccc(Cc2cc3c(O)c(Cc4ccc(O)cc4)cc(Cc4ccc(O)cc4)c3cc2O)cc1.Oc1ccc(Cc2cc3c(O)c(Cc4ccc(O)cc4)ccc3c(Cc3ccc(O)cc3)c2O)cc1.Oc1ccc(Cc2cc3c(O)cccc3c(Cc3ccc(O)cc3)c2O)cc1.Oc1ccc(Cc2ccc(O)c3ccc(O)c(Cc4ccc(O)cc4)c23)cc1. The summed E-state index contributed by atoms with van der Waals surface area (Å²) in [5.41, 5.74) is 17.1. The number of hydrogen-bond donors (Lipinski definition) is 18. The van der Waals surface area contributed by atoms with E-state index in [0.717, 1.165) is 111 Å². The lowest BCUT2D eigenvalue weighted by atomic mass is 9.90. The first-order valence-corrected chi connectivity index (χ1v) is 41.4. The van der Waals surface area contributed by atoms with E-state index in [1.54, 1.807) is 182 Å². The number of phenols is 18. The number of benzene rings is 18. The van der Waals surface area contributed by atoms with Crippen molar-refractivity contribution in [1.29, 1.82) is 0 Å². The van der Waals surface area contributed by atoms with Crippen LogP contribution in [0.25, 0.3) is 43.1 Å². The van der Waals surface area contributed by atoms with Gasteiger partial charge in [-0.1, -0.05) is 158 Å². The lowest BCUT2D eigenvalue weighted by Crippen LogP contribution is -1.98. The van der Waals surface area contributed by atoms with Crippen LogP contribution in [0.2, 0.25) is 0 Å². The van der Waals surface area contributed by atoms with Gasteiger partial charge in [0.1, 0.15) is 103 Å². The molecule has 0 unspecified atom stereocenters. The van der Waals surface area contributed by atoms with E-state index in [1.807, 2.05) is 146 Å². The minimum Gasteiger partial charge on any atom is -0.508 e. The molecule has 0 fully saturated rings. The monoisotopic (exact) mass is 1700 g/mol. The molecular formula is C110H92O18. The van der Waals surface area contributed by atoms with Gasteiger partial charge >= 0.3 is 0 Å². The van der Waals surface area contributed by atoms with Crippen LogP contribution in [0.5, 0.6) is 103 Å². The Hall–Kier alpha value is -16.6. The number of rotatable bonds is 20. The summed E-state index contributed by atoms with van der Waals surface area (Å²) in [5, 5.41) is 189. The fourth-order valence-electron chi connectivity index (χ4n) is 16.2. The maximum Gasteiger partial charge on any atom is 0.126 e. The molecule has 128 heavy (non-hydrogen) atoms. The summed E-state index contributed by atoms with van der Waals surface area (Å²) in [6, 6.07) is 93.9. The Kier molecular flexibility index (Phi) is 25.9. The summed E-state index contributed by atoms with van der Waals surface area (Å²) in [7, 11) is 0. The molecule has 0 aromatic heterocycles. The fourth-order valence-corrected chi connectivity index (χ4v) is 16.2. The molecule has 0 aliphatic heterocycles. The van der Waals surface area contributed by atoms with Gasteiger partial charge < -0.3 is 91.9 Å². The molecule has 0 aliphatic rings. The van der Waals surface area contributed by atoms with Crippen molar-refractivity contribution in [1.82, 2.24) is 0 Å². The van der Waals surface area contributed by atoms with Gasteiger partial charge in [0, 0.05) is 89.6 Å². The molecule has 640 valence electrons. The minimum atomic E-state index is 0.133. The number of hydrogen-bond acceptors (Lipinski definition) is 18. The Labute approximate surface area is 737 Å². The van der Waals surface area contributed by atoms with E-state index in [-0.39, 0.29) is 103 Å². The Balaban J connectivity index is 0.000000132. The molecule has 0 spiro atoms. The van der Waals surface area contributed by atoms with Crippen LogP contribution in [0.4, 0.5) is 0 Å². The zero-order valence-electron chi connectivity index (χ0n) is 69.3. The van der Waals surface area contributed by atoms with Gasteiger partial charge in [-0.15, -0.1) is 0 Å². The zero-order chi connectivity index (χ0) is 89.8. The van der Waals surface area contributed by atoms with Crippen LogP contribution in [0, 0.1) is 0 Å². The largest absolute Gasteiger partial charge is 0.508 e. The van der Waals surface area contributed by atoms with Crippen molar-refractivity contribution < 1.29 is 91.9 Å². The standard InChI is InChI=1S/2C31H26O5.2C24H20O4/c32-24-8-1-19(2-9-24)15-22-7-14-27-28(17-21-5-12-26(34)13-6-21)31(36)23(18-29(27)30(22)35)16-20-3-10-25(33)11-4-20;32-25-7-1-19(2-8-25)13-22-16-24(15-21-5-11-27(34)12-6-21)31(36)29-17-23(30(35)18-28(22)29)14-20-3-9-26(33)10-4-20;25-18-6-1-15(2-7-18)13-17-5-11-22(27)20-10-12-23(28)21(24(17)20)14-16-3-8-19(26)9-4-16;25-18-8-4-15(5-9-18)12-17-14-21-20(2-1-3-23(21)27)22(24(17)28)13-16-6-10-19(26)11-7-16/h1-14,18,32-36H,15-17H2;1-12,16-18,32-36H,13-15H2;1-12,25-28H,13-14H2;1-11,14,25-28H,12-13H2. The second-order valence-corrected chi connectivity index (χ2v) is 32.0. The first-order valence-electron chi connectivity index (χ1n) is 41.4.